The van der Waals surface area contributed by atoms with Gasteiger partial charge in [-0.15, -0.1) is 0 Å². The molecule has 0 amide bonds. The highest BCUT2D eigenvalue weighted by molar-refractivity contribution is 6.60. The molecular weight excluding hydrogens is 346 g/mol. The minimum Gasteiger partial charge on any atom is -0.377 e. The lowest BCUT2D eigenvalue weighted by Gasteiger charge is -2.24. The van der Waals surface area contributed by atoms with Gasteiger partial charge in [0.1, 0.15) is 0 Å². The van der Waals surface area contributed by atoms with Crippen LogP contribution in [0.4, 0.5) is 0 Å². The molecule has 0 saturated carbocycles. The van der Waals surface area contributed by atoms with E-state index in [1.807, 2.05) is 0 Å². The van der Waals surface area contributed by atoms with Crippen LogP contribution < -0.4 is 0 Å². The van der Waals surface area contributed by atoms with Gasteiger partial charge in [-0.2, -0.15) is 0 Å². The van der Waals surface area contributed by atoms with Crippen LogP contribution in [0.2, 0.25) is 6.04 Å². The molecule has 0 saturated heterocycles. The van der Waals surface area contributed by atoms with Crippen LogP contribution in [0.3, 0.4) is 0 Å². The molecule has 0 aliphatic carbocycles. The van der Waals surface area contributed by atoms with E-state index in [-0.39, 0.29) is 0 Å². The Hall–Kier alpha value is -0.523. The average molecular weight is 388 g/mol. The fourth-order valence-corrected chi connectivity index (χ4v) is 5.05. The predicted octanol–water partition coefficient (Wildman–Crippen LogP) is 5.66. The monoisotopic (exact) mass is 387 g/mol. The molecule has 0 unspecified atom stereocenters. The van der Waals surface area contributed by atoms with Gasteiger partial charge >= 0.3 is 8.80 Å². The molecule has 0 rings (SSSR count). The summed E-state index contributed by atoms with van der Waals surface area (Å²) in [5.74, 6) is 0. The Labute approximate surface area is 162 Å². The molecule has 0 bridgehead atoms. The third-order valence-electron chi connectivity index (χ3n) is 5.00. The van der Waals surface area contributed by atoms with E-state index in [2.05, 4.69) is 4.99 Å². The van der Waals surface area contributed by atoms with Crippen LogP contribution in [-0.2, 0) is 18.1 Å². The van der Waals surface area contributed by atoms with E-state index < -0.39 is 8.80 Å². The molecule has 0 spiro atoms. The lowest BCUT2D eigenvalue weighted by molar-refractivity contribution is 0.122. The van der Waals surface area contributed by atoms with Crippen molar-refractivity contribution in [3.8, 4) is 0 Å². The smallest absolute Gasteiger partial charge is 0.377 e. The number of rotatable bonds is 20. The summed E-state index contributed by atoms with van der Waals surface area (Å²) in [6.07, 6.45) is 19.6. The van der Waals surface area contributed by atoms with Crippen molar-refractivity contribution in [2.24, 2.45) is 4.99 Å². The summed E-state index contributed by atoms with van der Waals surface area (Å²) >= 11 is 0. The molecule has 0 fully saturated rings. The Balaban J connectivity index is 3.23. The Bertz CT molecular complexity index is 336. The highest BCUT2D eigenvalue weighted by Crippen LogP contribution is 2.18. The van der Waals surface area contributed by atoms with Crippen LogP contribution in [-0.4, -0.2) is 42.8 Å². The van der Waals surface area contributed by atoms with Crippen LogP contribution in [0.1, 0.15) is 89.9 Å². The van der Waals surface area contributed by atoms with Gasteiger partial charge in [0.15, 0.2) is 0 Å². The van der Waals surface area contributed by atoms with Crippen molar-refractivity contribution >= 4 is 14.9 Å². The molecule has 0 heterocycles. The first-order valence-corrected chi connectivity index (χ1v) is 12.4. The second-order valence-electron chi connectivity index (χ2n) is 6.97. The normalized spacial score (nSPS) is 11.5. The standard InChI is InChI=1S/C20H41NO4Si/c1-23-26(24-2,25-3)19-17-15-13-11-9-7-5-4-6-8-10-12-14-16-18-21-20-22/h4-19H2,1-3H3. The molecular formula is C20H41NO4Si. The summed E-state index contributed by atoms with van der Waals surface area (Å²) in [5.41, 5.74) is 0. The fourth-order valence-electron chi connectivity index (χ4n) is 3.26. The van der Waals surface area contributed by atoms with E-state index >= 15 is 0 Å². The zero-order valence-electron chi connectivity index (χ0n) is 17.4. The SMILES string of the molecule is CO[Si](CCCCCCCCCCCCCCCCN=C=O)(OC)OC. The Kier molecular flexibility index (Phi) is 18.9. The molecule has 5 nitrogen and oxygen atoms in total. The van der Waals surface area contributed by atoms with Crippen molar-refractivity contribution < 1.29 is 18.1 Å². The molecule has 26 heavy (non-hydrogen) atoms. The van der Waals surface area contributed by atoms with Gasteiger partial charge in [0.2, 0.25) is 6.08 Å². The zero-order chi connectivity index (χ0) is 19.3. The number of unbranched alkanes of at least 4 members (excludes halogenated alkanes) is 13. The molecule has 0 radical (unpaired) electrons. The van der Waals surface area contributed by atoms with E-state index in [1.54, 1.807) is 27.4 Å². The molecule has 0 aliphatic rings. The van der Waals surface area contributed by atoms with Crippen molar-refractivity contribution in [1.29, 1.82) is 0 Å². The van der Waals surface area contributed by atoms with E-state index in [0.717, 1.165) is 18.9 Å². The Morgan fingerprint density at radius 2 is 0.962 bits per heavy atom. The summed E-state index contributed by atoms with van der Waals surface area (Å²) in [7, 11) is 2.71. The molecule has 0 aromatic heterocycles. The van der Waals surface area contributed by atoms with Gasteiger partial charge in [-0.05, 0) is 12.8 Å². The summed E-state index contributed by atoms with van der Waals surface area (Å²) < 4.78 is 16.3. The molecule has 0 aromatic carbocycles. The van der Waals surface area contributed by atoms with Gasteiger partial charge in [-0.25, -0.2) is 9.79 Å². The molecule has 154 valence electrons. The van der Waals surface area contributed by atoms with E-state index in [4.69, 9.17) is 13.3 Å². The molecule has 0 aromatic rings. The van der Waals surface area contributed by atoms with Gasteiger partial charge < -0.3 is 13.3 Å². The second kappa shape index (κ2) is 19.2. The van der Waals surface area contributed by atoms with Crippen LogP contribution in [0, 0.1) is 0 Å². The van der Waals surface area contributed by atoms with Crippen LogP contribution >= 0.6 is 0 Å². The highest BCUT2D eigenvalue weighted by atomic mass is 28.4. The van der Waals surface area contributed by atoms with E-state index in [9.17, 15) is 4.79 Å². The van der Waals surface area contributed by atoms with Crippen molar-refractivity contribution in [2.75, 3.05) is 27.9 Å². The average Bonchev–Trinajstić information content (AvgIpc) is 2.68. The first-order valence-electron chi connectivity index (χ1n) is 10.4. The molecule has 0 atom stereocenters. The quantitative estimate of drug-likeness (QED) is 0.117. The maximum absolute atomic E-state index is 9.92. The minimum atomic E-state index is -2.35. The third kappa shape index (κ3) is 14.6. The number of aliphatic imine (C=N–C) groups is 1. The number of hydrogen-bond acceptors (Lipinski definition) is 5. The van der Waals surface area contributed by atoms with Crippen molar-refractivity contribution in [3.05, 3.63) is 0 Å². The lowest BCUT2D eigenvalue weighted by atomic mass is 10.0. The van der Waals surface area contributed by atoms with E-state index in [1.165, 1.54) is 77.0 Å². The molecule has 0 N–H and O–H groups in total. The fraction of sp³-hybridized carbons (Fsp3) is 0.950. The maximum Gasteiger partial charge on any atom is 0.500 e. The highest BCUT2D eigenvalue weighted by Gasteiger charge is 2.36. The first kappa shape index (κ1) is 25.5. The number of hydrogen-bond donors (Lipinski definition) is 0. The summed E-state index contributed by atoms with van der Waals surface area (Å²) in [6, 6.07) is 0.917. The maximum atomic E-state index is 9.92. The van der Waals surface area contributed by atoms with Crippen molar-refractivity contribution in [3.63, 3.8) is 0 Å². The number of carbonyl (C=O) groups excluding carboxylic acids is 1. The van der Waals surface area contributed by atoms with Crippen molar-refractivity contribution in [2.45, 2.75) is 95.9 Å². The number of isocyanates is 1. The van der Waals surface area contributed by atoms with Gasteiger partial charge in [0.05, 0.1) is 6.54 Å². The Morgan fingerprint density at radius 1 is 0.615 bits per heavy atom. The third-order valence-corrected chi connectivity index (χ3v) is 7.83. The summed E-state index contributed by atoms with van der Waals surface area (Å²) in [5, 5.41) is 0. The van der Waals surface area contributed by atoms with Crippen LogP contribution in [0.25, 0.3) is 0 Å². The second-order valence-corrected chi connectivity index (χ2v) is 10.1. The van der Waals surface area contributed by atoms with Gasteiger partial charge in [-0.3, -0.25) is 0 Å². The van der Waals surface area contributed by atoms with Gasteiger partial charge in [0.25, 0.3) is 0 Å². The summed E-state index contributed by atoms with van der Waals surface area (Å²) in [4.78, 5) is 13.5. The van der Waals surface area contributed by atoms with Gasteiger partial charge in [-0.1, -0.05) is 77.0 Å². The minimum absolute atomic E-state index is 0.650. The first-order chi connectivity index (χ1) is 12.7. The van der Waals surface area contributed by atoms with Crippen molar-refractivity contribution in [1.82, 2.24) is 0 Å². The molecule has 6 heteroatoms. The van der Waals surface area contributed by atoms with Crippen LogP contribution in [0.5, 0.6) is 0 Å². The van der Waals surface area contributed by atoms with Gasteiger partial charge in [0, 0.05) is 27.4 Å². The molecule has 0 aliphatic heterocycles. The zero-order valence-corrected chi connectivity index (χ0v) is 18.4. The number of nitrogens with zero attached hydrogens (tertiary/aromatic N) is 1. The van der Waals surface area contributed by atoms with Crippen LogP contribution in [0.15, 0.2) is 4.99 Å². The summed E-state index contributed by atoms with van der Waals surface area (Å²) in [6.45, 7) is 0.650. The lowest BCUT2D eigenvalue weighted by Crippen LogP contribution is -2.42. The van der Waals surface area contributed by atoms with E-state index in [0.29, 0.717) is 6.54 Å². The Morgan fingerprint density at radius 3 is 1.31 bits per heavy atom. The largest absolute Gasteiger partial charge is 0.500 e. The predicted molar refractivity (Wildman–Crippen MR) is 109 cm³/mol. The topological polar surface area (TPSA) is 57.1 Å².